The van der Waals surface area contributed by atoms with Crippen LogP contribution >= 0.6 is 11.6 Å². The van der Waals surface area contributed by atoms with Gasteiger partial charge in [0.1, 0.15) is 22.7 Å². The number of aliphatic carboxylic acids is 1. The molecule has 1 aliphatic carbocycles. The van der Waals surface area contributed by atoms with E-state index in [1.807, 2.05) is 0 Å². The number of carbonyl (C=O) groups is 3. The van der Waals surface area contributed by atoms with Crippen LogP contribution in [0.4, 0.5) is 15.8 Å². The molecule has 12 heteroatoms. The number of unbranched alkanes of at least 4 members (excludes halogenated alkanes) is 3. The lowest BCUT2D eigenvalue weighted by Crippen LogP contribution is -2.35. The number of rotatable bonds is 15. The molecule has 3 N–H and O–H groups in total. The number of carboxylic acid groups (broad SMARTS) is 1. The van der Waals surface area contributed by atoms with E-state index in [2.05, 4.69) is 15.6 Å². The topological polar surface area (TPSA) is 136 Å². The number of methoxy groups -OCH3 is 1. The molecule has 0 bridgehead atoms. The largest absolute Gasteiger partial charge is 0.493 e. The standard InChI is InChI=1S/C34H33ClFN3O7/c1-44-29-19-24-26(20-30(29)45-17-5-3-2-4-6-31(40)41)37-16-13-27(24)46-28-12-11-23(18-25(28)35)39-33(43)34(14-15-34)32(42)38-22-9-7-21(36)8-10-22/h7-13,16,18-20H,2-6,14-15,17H2,1H3,(H,38,42)(H,39,43)(H,40,41). The molecule has 4 aromatic rings. The first kappa shape index (κ1) is 32.5. The minimum Gasteiger partial charge on any atom is -0.493 e. The number of benzene rings is 3. The van der Waals surface area contributed by atoms with Crippen molar-refractivity contribution in [3.05, 3.63) is 77.7 Å². The summed E-state index contributed by atoms with van der Waals surface area (Å²) < 4.78 is 30.9. The van der Waals surface area contributed by atoms with E-state index in [-0.39, 0.29) is 11.4 Å². The van der Waals surface area contributed by atoms with Crippen LogP contribution in [-0.4, -0.2) is 41.6 Å². The third kappa shape index (κ3) is 7.84. The number of carboxylic acids is 1. The summed E-state index contributed by atoms with van der Waals surface area (Å²) in [5.74, 6) is -0.282. The highest BCUT2D eigenvalue weighted by atomic mass is 35.5. The Morgan fingerprint density at radius 2 is 1.57 bits per heavy atom. The van der Waals surface area contributed by atoms with Crippen molar-refractivity contribution in [1.82, 2.24) is 4.98 Å². The monoisotopic (exact) mass is 649 g/mol. The molecule has 10 nitrogen and oxygen atoms in total. The van der Waals surface area contributed by atoms with Crippen LogP contribution in [0.5, 0.6) is 23.0 Å². The molecule has 0 saturated heterocycles. The third-order valence-electron chi connectivity index (χ3n) is 7.66. The maximum Gasteiger partial charge on any atom is 0.303 e. The number of aromatic nitrogens is 1. The number of nitrogens with one attached hydrogen (secondary N) is 2. The Labute approximate surface area is 269 Å². The number of carbonyl (C=O) groups excluding carboxylic acids is 2. The van der Waals surface area contributed by atoms with E-state index in [4.69, 9.17) is 30.9 Å². The molecule has 0 spiro atoms. The lowest BCUT2D eigenvalue weighted by Gasteiger charge is -2.17. The van der Waals surface area contributed by atoms with Crippen molar-refractivity contribution >= 4 is 51.7 Å². The van der Waals surface area contributed by atoms with E-state index in [1.165, 1.54) is 24.3 Å². The summed E-state index contributed by atoms with van der Waals surface area (Å²) in [6, 6.07) is 15.4. The Hall–Kier alpha value is -4.90. The number of hydrogen-bond donors (Lipinski definition) is 3. The lowest BCUT2D eigenvalue weighted by molar-refractivity contribution is -0.137. The smallest absolute Gasteiger partial charge is 0.303 e. The van der Waals surface area contributed by atoms with Gasteiger partial charge in [-0.15, -0.1) is 0 Å². The van der Waals surface area contributed by atoms with Crippen molar-refractivity contribution in [1.29, 1.82) is 0 Å². The minimum absolute atomic E-state index is 0.170. The molecule has 1 aliphatic rings. The van der Waals surface area contributed by atoms with Gasteiger partial charge >= 0.3 is 5.97 Å². The quantitative estimate of drug-likeness (QED) is 0.0885. The average Bonchev–Trinajstić information content (AvgIpc) is 3.85. The fraction of sp³-hybridized carbons (Fsp3) is 0.294. The summed E-state index contributed by atoms with van der Waals surface area (Å²) in [4.78, 5) is 41.1. The molecule has 0 radical (unpaired) electrons. The molecular weight excluding hydrogens is 617 g/mol. The molecule has 1 aromatic heterocycles. The van der Waals surface area contributed by atoms with E-state index >= 15 is 0 Å². The predicted octanol–water partition coefficient (Wildman–Crippen LogP) is 7.60. The summed E-state index contributed by atoms with van der Waals surface area (Å²) in [7, 11) is 1.54. The van der Waals surface area contributed by atoms with Crippen LogP contribution in [0.2, 0.25) is 5.02 Å². The second kappa shape index (κ2) is 14.5. The predicted molar refractivity (Wildman–Crippen MR) is 171 cm³/mol. The average molecular weight is 650 g/mol. The number of halogens is 2. The van der Waals surface area contributed by atoms with Crippen LogP contribution in [0.1, 0.15) is 44.9 Å². The van der Waals surface area contributed by atoms with E-state index < -0.39 is 29.0 Å². The molecule has 1 saturated carbocycles. The highest BCUT2D eigenvalue weighted by Gasteiger charge is 2.56. The number of nitrogens with zero attached hydrogens (tertiary/aromatic N) is 1. The van der Waals surface area contributed by atoms with Gasteiger partial charge in [0, 0.05) is 35.4 Å². The molecule has 3 aromatic carbocycles. The summed E-state index contributed by atoms with van der Waals surface area (Å²) in [5.41, 5.74) is 0.202. The van der Waals surface area contributed by atoms with Gasteiger partial charge in [0.15, 0.2) is 11.5 Å². The van der Waals surface area contributed by atoms with Crippen LogP contribution in [-0.2, 0) is 14.4 Å². The van der Waals surface area contributed by atoms with Crippen LogP contribution < -0.4 is 24.8 Å². The van der Waals surface area contributed by atoms with Gasteiger partial charge < -0.3 is 30.0 Å². The second-order valence-electron chi connectivity index (χ2n) is 11.0. The van der Waals surface area contributed by atoms with E-state index in [1.54, 1.807) is 49.7 Å². The maximum absolute atomic E-state index is 13.2. The Bertz CT molecular complexity index is 1750. The van der Waals surface area contributed by atoms with Gasteiger partial charge in [0.25, 0.3) is 0 Å². The first-order chi connectivity index (χ1) is 22.2. The van der Waals surface area contributed by atoms with Gasteiger partial charge in [-0.05, 0) is 80.3 Å². The van der Waals surface area contributed by atoms with Gasteiger partial charge in [-0.25, -0.2) is 4.39 Å². The number of ether oxygens (including phenoxy) is 3. The lowest BCUT2D eigenvalue weighted by atomic mass is 10.0. The van der Waals surface area contributed by atoms with Crippen molar-refractivity contribution in [2.24, 2.45) is 5.41 Å². The second-order valence-corrected chi connectivity index (χ2v) is 11.4. The number of hydrogen-bond acceptors (Lipinski definition) is 7. The Morgan fingerprint density at radius 1 is 0.870 bits per heavy atom. The minimum atomic E-state index is -1.21. The van der Waals surface area contributed by atoms with Crippen LogP contribution in [0.25, 0.3) is 10.9 Å². The van der Waals surface area contributed by atoms with Gasteiger partial charge in [0.05, 0.1) is 24.3 Å². The highest BCUT2D eigenvalue weighted by Crippen LogP contribution is 2.48. The number of pyridine rings is 1. The maximum atomic E-state index is 13.2. The van der Waals surface area contributed by atoms with Crippen LogP contribution in [0, 0.1) is 11.2 Å². The molecule has 1 fully saturated rings. The summed E-state index contributed by atoms with van der Waals surface area (Å²) in [6.45, 7) is 0.448. The van der Waals surface area contributed by atoms with Gasteiger partial charge in [0.2, 0.25) is 11.8 Å². The molecule has 46 heavy (non-hydrogen) atoms. The number of fused-ring (bicyclic) bond motifs is 1. The van der Waals surface area contributed by atoms with E-state index in [9.17, 15) is 18.8 Å². The van der Waals surface area contributed by atoms with Gasteiger partial charge in [-0.2, -0.15) is 0 Å². The first-order valence-corrected chi connectivity index (χ1v) is 15.2. The van der Waals surface area contributed by atoms with E-state index in [0.29, 0.717) is 71.1 Å². The summed E-state index contributed by atoms with van der Waals surface area (Å²) in [6.07, 6.45) is 5.64. The van der Waals surface area contributed by atoms with Crippen molar-refractivity contribution in [3.63, 3.8) is 0 Å². The molecule has 0 aliphatic heterocycles. The molecule has 5 rings (SSSR count). The van der Waals surface area contributed by atoms with Gasteiger partial charge in [-0.3, -0.25) is 19.4 Å². The molecule has 0 unspecified atom stereocenters. The van der Waals surface area contributed by atoms with Gasteiger partial charge in [-0.1, -0.05) is 24.4 Å². The van der Waals surface area contributed by atoms with E-state index in [0.717, 1.165) is 19.3 Å². The first-order valence-electron chi connectivity index (χ1n) is 14.9. The Morgan fingerprint density at radius 3 is 2.24 bits per heavy atom. The zero-order valence-electron chi connectivity index (χ0n) is 25.1. The highest BCUT2D eigenvalue weighted by molar-refractivity contribution is 6.32. The SMILES string of the molecule is COc1cc2c(Oc3ccc(NC(=O)C4(C(=O)Nc5ccc(F)cc5)CC4)cc3Cl)ccnc2cc1OCCCCCCC(=O)O. The molecule has 1 heterocycles. The number of amides is 2. The zero-order chi connectivity index (χ0) is 32.7. The number of anilines is 2. The Kier molecular flexibility index (Phi) is 10.2. The third-order valence-corrected chi connectivity index (χ3v) is 7.96. The zero-order valence-corrected chi connectivity index (χ0v) is 25.9. The van der Waals surface area contributed by atoms with Crippen molar-refractivity contribution in [2.45, 2.75) is 44.9 Å². The molecule has 240 valence electrons. The molecule has 2 amide bonds. The van der Waals surface area contributed by atoms with Crippen molar-refractivity contribution in [2.75, 3.05) is 24.4 Å². The van der Waals surface area contributed by atoms with Crippen LogP contribution in [0.15, 0.2) is 66.9 Å². The summed E-state index contributed by atoms with van der Waals surface area (Å²) in [5, 5.41) is 15.1. The molecular formula is C34H33ClFN3O7. The van der Waals surface area contributed by atoms with Crippen molar-refractivity contribution < 1.29 is 38.1 Å². The van der Waals surface area contributed by atoms with Crippen LogP contribution in [0.3, 0.4) is 0 Å². The fourth-order valence-electron chi connectivity index (χ4n) is 4.90. The Balaban J connectivity index is 1.22. The normalized spacial score (nSPS) is 13.1. The van der Waals surface area contributed by atoms with Crippen molar-refractivity contribution in [3.8, 4) is 23.0 Å². The fourth-order valence-corrected chi connectivity index (χ4v) is 5.12. The molecule has 0 atom stereocenters. The summed E-state index contributed by atoms with van der Waals surface area (Å²) >= 11 is 6.55.